The molecule has 8 heteroatoms. The molecule has 170 valence electrons. The zero-order valence-electron chi connectivity index (χ0n) is 18.2. The molecule has 0 spiro atoms. The molecule has 2 aliphatic carbocycles. The molecule has 5 rings (SSSR count). The first-order valence-electron chi connectivity index (χ1n) is 11.9. The van der Waals surface area contributed by atoms with Crippen LogP contribution in [0, 0.1) is 0 Å². The summed E-state index contributed by atoms with van der Waals surface area (Å²) in [6.07, 6.45) is 9.12. The minimum atomic E-state index is -0.477. The molecule has 2 N–H and O–H groups in total. The van der Waals surface area contributed by atoms with Crippen molar-refractivity contribution in [1.29, 1.82) is 0 Å². The van der Waals surface area contributed by atoms with Crippen molar-refractivity contribution in [2.24, 2.45) is 0 Å². The van der Waals surface area contributed by atoms with Crippen LogP contribution >= 0.6 is 0 Å². The fourth-order valence-corrected chi connectivity index (χ4v) is 5.57. The van der Waals surface area contributed by atoms with Gasteiger partial charge in [0, 0.05) is 12.1 Å². The van der Waals surface area contributed by atoms with E-state index in [-0.39, 0.29) is 36.5 Å². The van der Waals surface area contributed by atoms with Crippen molar-refractivity contribution in [3.8, 4) is 0 Å². The van der Waals surface area contributed by atoms with Gasteiger partial charge in [-0.05, 0) is 49.9 Å². The SMILES string of the molecule is O=C1C[C@@H](NC2CCCC2)C(=O)N1c1ccc(N2C(=O)C[C@@H](NC3CCCC3)C2=O)cc1. The van der Waals surface area contributed by atoms with Crippen molar-refractivity contribution >= 4 is 35.0 Å². The maximum Gasteiger partial charge on any atom is 0.251 e. The van der Waals surface area contributed by atoms with Crippen LogP contribution in [0.3, 0.4) is 0 Å². The molecular formula is C24H30N4O4. The lowest BCUT2D eigenvalue weighted by atomic mass is 10.2. The van der Waals surface area contributed by atoms with Crippen LogP contribution in [0.5, 0.6) is 0 Å². The number of benzene rings is 1. The smallest absolute Gasteiger partial charge is 0.251 e. The standard InChI is InChI=1S/C24H30N4O4/c29-21-13-19(25-15-5-1-2-6-15)23(31)27(21)17-9-11-18(12-10-17)28-22(30)14-20(24(28)32)26-16-7-3-4-8-16/h9-12,15-16,19-20,25-26H,1-8,13-14H2/t19-,20-/m1/s1. The van der Waals surface area contributed by atoms with Gasteiger partial charge in [-0.2, -0.15) is 0 Å². The third kappa shape index (κ3) is 3.97. The van der Waals surface area contributed by atoms with Crippen molar-refractivity contribution in [2.45, 2.75) is 88.4 Å². The highest BCUT2D eigenvalue weighted by Gasteiger charge is 2.42. The maximum absolute atomic E-state index is 12.9. The molecule has 0 unspecified atom stereocenters. The molecule has 0 radical (unpaired) electrons. The Labute approximate surface area is 187 Å². The van der Waals surface area contributed by atoms with Gasteiger partial charge < -0.3 is 10.6 Å². The third-order valence-electron chi connectivity index (χ3n) is 7.24. The van der Waals surface area contributed by atoms with Crippen LogP contribution in [0.15, 0.2) is 24.3 Å². The summed E-state index contributed by atoms with van der Waals surface area (Å²) in [5, 5.41) is 6.69. The van der Waals surface area contributed by atoms with Crippen molar-refractivity contribution in [3.63, 3.8) is 0 Å². The number of carbonyl (C=O) groups is 4. The first-order chi connectivity index (χ1) is 15.5. The molecule has 2 saturated carbocycles. The molecule has 4 fully saturated rings. The van der Waals surface area contributed by atoms with Crippen LogP contribution < -0.4 is 20.4 Å². The monoisotopic (exact) mass is 438 g/mol. The number of anilines is 2. The van der Waals surface area contributed by atoms with E-state index in [1.165, 1.54) is 9.80 Å². The lowest BCUT2D eigenvalue weighted by molar-refractivity contribution is -0.123. The van der Waals surface area contributed by atoms with E-state index in [2.05, 4.69) is 10.6 Å². The van der Waals surface area contributed by atoms with Gasteiger partial charge in [0.1, 0.15) is 0 Å². The van der Waals surface area contributed by atoms with Crippen LogP contribution in [-0.2, 0) is 19.2 Å². The molecule has 1 aromatic carbocycles. The number of hydrogen-bond acceptors (Lipinski definition) is 6. The first kappa shape index (κ1) is 21.3. The number of carbonyl (C=O) groups excluding carboxylic acids is 4. The van der Waals surface area contributed by atoms with Crippen molar-refractivity contribution in [3.05, 3.63) is 24.3 Å². The zero-order valence-corrected chi connectivity index (χ0v) is 18.2. The molecule has 2 atom stereocenters. The molecule has 32 heavy (non-hydrogen) atoms. The fourth-order valence-electron chi connectivity index (χ4n) is 5.57. The Bertz CT molecular complexity index is 843. The van der Waals surface area contributed by atoms with Gasteiger partial charge in [-0.3, -0.25) is 19.2 Å². The molecule has 1 aromatic rings. The zero-order chi connectivity index (χ0) is 22.2. The van der Waals surface area contributed by atoms with Gasteiger partial charge >= 0.3 is 0 Å². The molecule has 2 saturated heterocycles. The van der Waals surface area contributed by atoms with E-state index >= 15 is 0 Å². The number of hydrogen-bond donors (Lipinski definition) is 2. The number of rotatable bonds is 6. The second-order valence-electron chi connectivity index (χ2n) is 9.46. The van der Waals surface area contributed by atoms with E-state index < -0.39 is 12.1 Å². The van der Waals surface area contributed by atoms with Crippen LogP contribution in [0.1, 0.15) is 64.2 Å². The predicted octanol–water partition coefficient (Wildman–Crippen LogP) is 2.01. The summed E-state index contributed by atoms with van der Waals surface area (Å²) in [7, 11) is 0. The Morgan fingerprint density at radius 3 is 1.28 bits per heavy atom. The molecular weight excluding hydrogens is 408 g/mol. The Balaban J connectivity index is 1.26. The summed E-state index contributed by atoms with van der Waals surface area (Å²) in [6, 6.07) is 6.21. The number of amides is 4. The van der Waals surface area contributed by atoms with Crippen molar-refractivity contribution in [1.82, 2.24) is 10.6 Å². The molecule has 0 aromatic heterocycles. The van der Waals surface area contributed by atoms with Gasteiger partial charge in [0.2, 0.25) is 11.8 Å². The van der Waals surface area contributed by atoms with Crippen LogP contribution in [0.25, 0.3) is 0 Å². The minimum absolute atomic E-state index is 0.161. The minimum Gasteiger partial charge on any atom is -0.303 e. The maximum atomic E-state index is 12.9. The van der Waals surface area contributed by atoms with Crippen LogP contribution in [0.2, 0.25) is 0 Å². The van der Waals surface area contributed by atoms with Gasteiger partial charge in [0.25, 0.3) is 11.8 Å². The van der Waals surface area contributed by atoms with Gasteiger partial charge in [-0.1, -0.05) is 25.7 Å². The largest absolute Gasteiger partial charge is 0.303 e. The predicted molar refractivity (Wildman–Crippen MR) is 119 cm³/mol. The van der Waals surface area contributed by atoms with Gasteiger partial charge in [-0.25, -0.2) is 9.80 Å². The van der Waals surface area contributed by atoms with E-state index in [4.69, 9.17) is 0 Å². The highest BCUT2D eigenvalue weighted by Crippen LogP contribution is 2.30. The van der Waals surface area contributed by atoms with Gasteiger partial charge in [0.05, 0.1) is 36.3 Å². The molecule has 0 bridgehead atoms. The summed E-state index contributed by atoms with van der Waals surface area (Å²) in [5.41, 5.74) is 0.943. The summed E-state index contributed by atoms with van der Waals surface area (Å²) in [6.45, 7) is 0. The normalized spacial score (nSPS) is 27.5. The average molecular weight is 439 g/mol. The Morgan fingerprint density at radius 2 is 0.938 bits per heavy atom. The third-order valence-corrected chi connectivity index (χ3v) is 7.24. The van der Waals surface area contributed by atoms with Crippen LogP contribution in [-0.4, -0.2) is 47.8 Å². The van der Waals surface area contributed by atoms with E-state index in [1.54, 1.807) is 24.3 Å². The highest BCUT2D eigenvalue weighted by molar-refractivity contribution is 6.24. The van der Waals surface area contributed by atoms with E-state index in [1.807, 2.05) is 0 Å². The fraction of sp³-hybridized carbons (Fsp3) is 0.583. The summed E-state index contributed by atoms with van der Waals surface area (Å²) >= 11 is 0. The summed E-state index contributed by atoms with van der Waals surface area (Å²) < 4.78 is 0. The Morgan fingerprint density at radius 1 is 0.594 bits per heavy atom. The van der Waals surface area contributed by atoms with E-state index in [0.717, 1.165) is 51.4 Å². The highest BCUT2D eigenvalue weighted by atomic mass is 16.2. The van der Waals surface area contributed by atoms with E-state index in [9.17, 15) is 19.2 Å². The summed E-state index contributed by atoms with van der Waals surface area (Å²) in [5.74, 6) is -0.924. The van der Waals surface area contributed by atoms with Crippen molar-refractivity contribution in [2.75, 3.05) is 9.80 Å². The average Bonchev–Trinajstić information content (AvgIpc) is 3.56. The van der Waals surface area contributed by atoms with Crippen LogP contribution in [0.4, 0.5) is 11.4 Å². The molecule has 4 amide bonds. The Hall–Kier alpha value is -2.58. The lowest BCUT2D eigenvalue weighted by Gasteiger charge is -2.20. The summed E-state index contributed by atoms with van der Waals surface area (Å²) in [4.78, 5) is 53.3. The topological polar surface area (TPSA) is 98.8 Å². The van der Waals surface area contributed by atoms with Crippen molar-refractivity contribution < 1.29 is 19.2 Å². The number of nitrogens with zero attached hydrogens (tertiary/aromatic N) is 2. The van der Waals surface area contributed by atoms with Gasteiger partial charge in [0.15, 0.2) is 0 Å². The Kier molecular flexibility index (Phi) is 5.82. The molecule has 2 aliphatic heterocycles. The molecule has 4 aliphatic rings. The second kappa shape index (κ2) is 8.75. The molecule has 8 nitrogen and oxygen atoms in total. The quantitative estimate of drug-likeness (QED) is 0.660. The first-order valence-corrected chi connectivity index (χ1v) is 11.9. The second-order valence-corrected chi connectivity index (χ2v) is 9.46. The lowest BCUT2D eigenvalue weighted by Crippen LogP contribution is -2.43. The molecule has 2 heterocycles. The van der Waals surface area contributed by atoms with Gasteiger partial charge in [-0.15, -0.1) is 0 Å². The van der Waals surface area contributed by atoms with E-state index in [0.29, 0.717) is 23.5 Å². The number of nitrogens with one attached hydrogen (secondary N) is 2. The number of imide groups is 2.